The standard InChI is InChI=1S/C25H25F3N4O4S/c26-25(27,28)22-8-7-16(14-30-22)15-31-23(33)21-6-1-2-9-32(21)24(34)18-4-3-5-19(12-18)37(35,36)20-10-17(11-20)13-29/h3-5,7-8,12,14,17,20-21H,1-2,6,9-11,15H2,(H,31,33)/t17-,20+,21-/m1/s1. The number of nitriles is 1. The van der Waals surface area contributed by atoms with Crippen LogP contribution in [0.2, 0.25) is 0 Å². The summed E-state index contributed by atoms with van der Waals surface area (Å²) in [6.45, 7) is 0.253. The molecule has 1 atom stereocenters. The molecule has 1 aliphatic heterocycles. The van der Waals surface area contributed by atoms with E-state index in [1.54, 1.807) is 0 Å². The fourth-order valence-electron chi connectivity index (χ4n) is 4.54. The fraction of sp³-hybridized carbons (Fsp3) is 0.440. The van der Waals surface area contributed by atoms with Gasteiger partial charge in [0.05, 0.1) is 16.2 Å². The van der Waals surface area contributed by atoms with E-state index in [-0.39, 0.29) is 35.8 Å². The molecular formula is C25H25F3N4O4S. The Labute approximate surface area is 212 Å². The minimum atomic E-state index is -4.56. The Hall–Kier alpha value is -3.46. The molecule has 1 aromatic carbocycles. The van der Waals surface area contributed by atoms with Crippen molar-refractivity contribution in [3.05, 3.63) is 59.4 Å². The zero-order valence-corrected chi connectivity index (χ0v) is 20.6. The summed E-state index contributed by atoms with van der Waals surface area (Å²) in [6, 6.07) is 9.04. The number of halogens is 3. The Bertz CT molecular complexity index is 1320. The number of pyridine rings is 1. The highest BCUT2D eigenvalue weighted by Gasteiger charge is 2.40. The molecule has 196 valence electrons. The van der Waals surface area contributed by atoms with Gasteiger partial charge in [0.15, 0.2) is 9.84 Å². The summed E-state index contributed by atoms with van der Waals surface area (Å²) < 4.78 is 64.0. The van der Waals surface area contributed by atoms with Crippen LogP contribution in [0.15, 0.2) is 47.5 Å². The van der Waals surface area contributed by atoms with Gasteiger partial charge in [0.2, 0.25) is 5.91 Å². The first-order chi connectivity index (χ1) is 17.5. The highest BCUT2D eigenvalue weighted by atomic mass is 32.2. The van der Waals surface area contributed by atoms with Gasteiger partial charge in [-0.2, -0.15) is 18.4 Å². The van der Waals surface area contributed by atoms with E-state index in [4.69, 9.17) is 5.26 Å². The maximum absolute atomic E-state index is 13.3. The third-order valence-electron chi connectivity index (χ3n) is 6.77. The number of piperidine rings is 1. The monoisotopic (exact) mass is 534 g/mol. The average Bonchev–Trinajstić information content (AvgIpc) is 2.86. The molecule has 0 bridgehead atoms. The van der Waals surface area contributed by atoms with Gasteiger partial charge in [0, 0.05) is 30.8 Å². The summed E-state index contributed by atoms with van der Waals surface area (Å²) in [5.41, 5.74) is -0.510. The number of carbonyl (C=O) groups excluding carboxylic acids is 2. The molecule has 0 spiro atoms. The van der Waals surface area contributed by atoms with Gasteiger partial charge in [-0.3, -0.25) is 14.6 Å². The number of rotatable bonds is 6. The van der Waals surface area contributed by atoms with E-state index in [2.05, 4.69) is 16.4 Å². The van der Waals surface area contributed by atoms with Gasteiger partial charge in [-0.05, 0) is 61.9 Å². The highest BCUT2D eigenvalue weighted by Crippen LogP contribution is 2.36. The molecule has 2 fully saturated rings. The zero-order chi connectivity index (χ0) is 26.8. The van der Waals surface area contributed by atoms with Crippen molar-refractivity contribution in [3.8, 4) is 6.07 Å². The molecule has 4 rings (SSSR count). The molecule has 2 aliphatic rings. The molecule has 2 amide bonds. The van der Waals surface area contributed by atoms with E-state index in [1.807, 2.05) is 0 Å². The summed E-state index contributed by atoms with van der Waals surface area (Å²) in [5.74, 6) is -1.21. The lowest BCUT2D eigenvalue weighted by molar-refractivity contribution is -0.141. The van der Waals surface area contributed by atoms with E-state index in [1.165, 1.54) is 35.2 Å². The fourth-order valence-corrected chi connectivity index (χ4v) is 6.46. The van der Waals surface area contributed by atoms with Crippen molar-refractivity contribution in [2.24, 2.45) is 5.92 Å². The van der Waals surface area contributed by atoms with Crippen molar-refractivity contribution in [3.63, 3.8) is 0 Å². The van der Waals surface area contributed by atoms with Gasteiger partial charge in [0.25, 0.3) is 5.91 Å². The van der Waals surface area contributed by atoms with Crippen molar-refractivity contribution in [2.75, 3.05) is 6.54 Å². The van der Waals surface area contributed by atoms with Gasteiger partial charge in [-0.25, -0.2) is 8.42 Å². The molecular weight excluding hydrogens is 509 g/mol. The predicted molar refractivity (Wildman–Crippen MR) is 126 cm³/mol. The summed E-state index contributed by atoms with van der Waals surface area (Å²) in [6.07, 6.45) is -1.20. The summed E-state index contributed by atoms with van der Waals surface area (Å²) in [7, 11) is -3.69. The maximum Gasteiger partial charge on any atom is 0.433 e. The van der Waals surface area contributed by atoms with Gasteiger partial charge < -0.3 is 10.2 Å². The number of aromatic nitrogens is 1. The highest BCUT2D eigenvalue weighted by molar-refractivity contribution is 7.92. The lowest BCUT2D eigenvalue weighted by Crippen LogP contribution is -2.51. The topological polar surface area (TPSA) is 120 Å². The predicted octanol–water partition coefficient (Wildman–Crippen LogP) is 3.49. The number of benzene rings is 1. The second-order valence-corrected chi connectivity index (χ2v) is 11.5. The first-order valence-electron chi connectivity index (χ1n) is 11.8. The number of amides is 2. The van der Waals surface area contributed by atoms with Crippen LogP contribution in [-0.4, -0.2) is 48.0 Å². The molecule has 1 saturated carbocycles. The molecule has 2 heterocycles. The molecule has 1 N–H and O–H groups in total. The van der Waals surface area contributed by atoms with E-state index in [0.717, 1.165) is 12.3 Å². The van der Waals surface area contributed by atoms with Crippen LogP contribution in [0.4, 0.5) is 13.2 Å². The third kappa shape index (κ3) is 5.77. The molecule has 1 aromatic heterocycles. The van der Waals surface area contributed by atoms with Crippen molar-refractivity contribution in [1.82, 2.24) is 15.2 Å². The Balaban J connectivity index is 1.44. The maximum atomic E-state index is 13.3. The van der Waals surface area contributed by atoms with E-state index in [9.17, 15) is 31.2 Å². The van der Waals surface area contributed by atoms with E-state index < -0.39 is 44.8 Å². The molecule has 37 heavy (non-hydrogen) atoms. The molecule has 0 unspecified atom stereocenters. The number of nitrogens with zero attached hydrogens (tertiary/aromatic N) is 3. The van der Waals surface area contributed by atoms with Crippen molar-refractivity contribution < 1.29 is 31.2 Å². The smallest absolute Gasteiger partial charge is 0.350 e. The minimum Gasteiger partial charge on any atom is -0.350 e. The Morgan fingerprint density at radius 1 is 1.16 bits per heavy atom. The van der Waals surface area contributed by atoms with Crippen LogP contribution in [0.1, 0.15) is 53.7 Å². The van der Waals surface area contributed by atoms with Gasteiger partial charge in [-0.1, -0.05) is 12.1 Å². The van der Waals surface area contributed by atoms with Crippen LogP contribution >= 0.6 is 0 Å². The third-order valence-corrected chi connectivity index (χ3v) is 8.95. The van der Waals surface area contributed by atoms with Crippen LogP contribution in [0.5, 0.6) is 0 Å². The average molecular weight is 535 g/mol. The first kappa shape index (κ1) is 26.6. The molecule has 12 heteroatoms. The Kier molecular flexibility index (Phi) is 7.54. The second kappa shape index (κ2) is 10.5. The SMILES string of the molecule is N#C[C@H]1C[C@@H](S(=O)(=O)c2cccc(C(=O)N3CCCC[C@@H]3C(=O)NCc3ccc(C(F)(F)F)nc3)c2)C1. The summed E-state index contributed by atoms with van der Waals surface area (Å²) >= 11 is 0. The van der Waals surface area contributed by atoms with Gasteiger partial charge >= 0.3 is 6.18 Å². The number of sulfone groups is 1. The number of hydrogen-bond donors (Lipinski definition) is 1. The second-order valence-electron chi connectivity index (χ2n) is 9.27. The quantitative estimate of drug-likeness (QED) is 0.606. The number of hydrogen-bond acceptors (Lipinski definition) is 6. The van der Waals surface area contributed by atoms with Crippen molar-refractivity contribution >= 4 is 21.7 Å². The van der Waals surface area contributed by atoms with Crippen LogP contribution in [0, 0.1) is 17.2 Å². The number of likely N-dealkylation sites (tertiary alicyclic amines) is 1. The van der Waals surface area contributed by atoms with Crippen molar-refractivity contribution in [2.45, 2.75) is 61.0 Å². The number of alkyl halides is 3. The lowest BCUT2D eigenvalue weighted by atomic mass is 9.86. The van der Waals surface area contributed by atoms with Crippen molar-refractivity contribution in [1.29, 1.82) is 5.26 Å². The Morgan fingerprint density at radius 3 is 2.57 bits per heavy atom. The lowest BCUT2D eigenvalue weighted by Gasteiger charge is -2.35. The molecule has 1 saturated heterocycles. The van der Waals surface area contributed by atoms with Gasteiger partial charge in [0.1, 0.15) is 11.7 Å². The molecule has 2 aromatic rings. The number of nitrogens with one attached hydrogen (secondary N) is 1. The van der Waals surface area contributed by atoms with Crippen LogP contribution in [0.25, 0.3) is 0 Å². The minimum absolute atomic E-state index is 0.00699. The summed E-state index contributed by atoms with van der Waals surface area (Å²) in [4.78, 5) is 31.1. The van der Waals surface area contributed by atoms with Crippen LogP contribution in [-0.2, 0) is 27.4 Å². The van der Waals surface area contributed by atoms with Crippen LogP contribution < -0.4 is 5.32 Å². The summed E-state index contributed by atoms with van der Waals surface area (Å²) in [5, 5.41) is 10.9. The van der Waals surface area contributed by atoms with Gasteiger partial charge in [-0.15, -0.1) is 0 Å². The van der Waals surface area contributed by atoms with E-state index >= 15 is 0 Å². The molecule has 8 nitrogen and oxygen atoms in total. The van der Waals surface area contributed by atoms with E-state index in [0.29, 0.717) is 31.4 Å². The normalized spacial score (nSPS) is 22.0. The molecule has 1 aliphatic carbocycles. The Morgan fingerprint density at radius 2 is 1.92 bits per heavy atom. The first-order valence-corrected chi connectivity index (χ1v) is 13.4. The molecule has 0 radical (unpaired) electrons. The zero-order valence-electron chi connectivity index (χ0n) is 19.7. The largest absolute Gasteiger partial charge is 0.433 e. The number of carbonyl (C=O) groups is 2. The van der Waals surface area contributed by atoms with Crippen LogP contribution in [0.3, 0.4) is 0 Å².